The normalized spacial score (nSPS) is 19.8. The van der Waals surface area contributed by atoms with Gasteiger partial charge in [0.1, 0.15) is 5.75 Å². The standard InChI is InChI=1S/C16H22ClNO5S/c1-21-14-8-7-13(17)10-12(14)11-15-18-24(23-22-15)9-5-3-2-4-6-16(19)20/h7-8,10-11,18,24H,2-6,9H2,1H3,(H,19,20)/b15-11-. The summed E-state index contributed by atoms with van der Waals surface area (Å²) in [6, 6.07) is 5.35. The molecule has 2 rings (SSSR count). The van der Waals surface area contributed by atoms with Crippen molar-refractivity contribution in [1.29, 1.82) is 0 Å². The maximum Gasteiger partial charge on any atom is 0.303 e. The maximum atomic E-state index is 10.4. The van der Waals surface area contributed by atoms with Crippen molar-refractivity contribution in [3.8, 4) is 5.75 Å². The highest BCUT2D eigenvalue weighted by Crippen LogP contribution is 2.35. The number of unbranched alkanes of at least 4 members (excludes halogenated alkanes) is 3. The van der Waals surface area contributed by atoms with E-state index in [1.54, 1.807) is 31.4 Å². The summed E-state index contributed by atoms with van der Waals surface area (Å²) < 4.78 is 13.8. The molecule has 1 heterocycles. The van der Waals surface area contributed by atoms with E-state index in [9.17, 15) is 4.79 Å². The van der Waals surface area contributed by atoms with Crippen molar-refractivity contribution in [2.75, 3.05) is 12.9 Å². The first-order valence-electron chi connectivity index (χ1n) is 7.74. The molecule has 1 aliphatic heterocycles. The minimum Gasteiger partial charge on any atom is -0.496 e. The summed E-state index contributed by atoms with van der Waals surface area (Å²) in [5.74, 6) is 1.35. The number of carbonyl (C=O) groups is 1. The number of benzene rings is 1. The molecule has 1 atom stereocenters. The van der Waals surface area contributed by atoms with E-state index in [0.29, 0.717) is 16.7 Å². The number of halogens is 1. The average Bonchev–Trinajstić information content (AvgIpc) is 2.98. The smallest absolute Gasteiger partial charge is 0.303 e. The minimum absolute atomic E-state index is 0.237. The molecule has 1 aliphatic rings. The second-order valence-electron chi connectivity index (χ2n) is 5.32. The Balaban J connectivity index is 1.76. The Morgan fingerprint density at radius 2 is 2.17 bits per heavy atom. The molecule has 1 unspecified atom stereocenters. The maximum absolute atomic E-state index is 10.4. The van der Waals surface area contributed by atoms with Crippen LogP contribution in [0.4, 0.5) is 0 Å². The Labute approximate surface area is 149 Å². The Bertz CT molecular complexity index is 596. The molecule has 24 heavy (non-hydrogen) atoms. The zero-order valence-corrected chi connectivity index (χ0v) is 15.1. The van der Waals surface area contributed by atoms with Gasteiger partial charge in [-0.15, -0.1) is 4.33 Å². The second-order valence-corrected chi connectivity index (χ2v) is 7.34. The Morgan fingerprint density at radius 1 is 1.38 bits per heavy atom. The number of aliphatic carboxylic acids is 1. The van der Waals surface area contributed by atoms with Crippen LogP contribution in [-0.2, 0) is 14.0 Å². The van der Waals surface area contributed by atoms with Gasteiger partial charge in [0.15, 0.2) is 0 Å². The summed E-state index contributed by atoms with van der Waals surface area (Å²) >= 11 is 5.14. The van der Waals surface area contributed by atoms with Gasteiger partial charge >= 0.3 is 5.97 Å². The van der Waals surface area contributed by atoms with Crippen LogP contribution in [0.3, 0.4) is 0 Å². The van der Waals surface area contributed by atoms with Gasteiger partial charge in [0.25, 0.3) is 0 Å². The number of rotatable bonds is 9. The summed E-state index contributed by atoms with van der Waals surface area (Å²) in [6.45, 7) is 0. The number of hydrogen-bond acceptors (Lipinski definition) is 5. The lowest BCUT2D eigenvalue weighted by atomic mass is 10.2. The molecule has 0 aliphatic carbocycles. The highest BCUT2D eigenvalue weighted by Gasteiger charge is 2.18. The molecule has 1 saturated heterocycles. The van der Waals surface area contributed by atoms with Crippen molar-refractivity contribution < 1.29 is 23.9 Å². The van der Waals surface area contributed by atoms with Gasteiger partial charge in [-0.2, -0.15) is 0 Å². The van der Waals surface area contributed by atoms with Gasteiger partial charge in [-0.3, -0.25) is 9.52 Å². The summed E-state index contributed by atoms with van der Waals surface area (Å²) in [7, 11) is 1.60. The molecule has 0 aromatic heterocycles. The predicted octanol–water partition coefficient (Wildman–Crippen LogP) is 4.06. The first-order valence-corrected chi connectivity index (χ1v) is 9.56. The van der Waals surface area contributed by atoms with Gasteiger partial charge in [0, 0.05) is 28.8 Å². The highest BCUT2D eigenvalue weighted by molar-refractivity contribution is 8.11. The molecule has 2 N–H and O–H groups in total. The molecule has 0 spiro atoms. The molecule has 1 aromatic rings. The highest BCUT2D eigenvalue weighted by atomic mass is 35.5. The van der Waals surface area contributed by atoms with Crippen molar-refractivity contribution in [2.24, 2.45) is 0 Å². The van der Waals surface area contributed by atoms with Crippen LogP contribution in [0.15, 0.2) is 24.1 Å². The van der Waals surface area contributed by atoms with Gasteiger partial charge in [0.05, 0.1) is 7.11 Å². The van der Waals surface area contributed by atoms with Gasteiger partial charge in [-0.05, 0) is 42.4 Å². The van der Waals surface area contributed by atoms with Gasteiger partial charge in [0.2, 0.25) is 5.88 Å². The van der Waals surface area contributed by atoms with E-state index < -0.39 is 17.3 Å². The van der Waals surface area contributed by atoms with Gasteiger partial charge in [-0.25, -0.2) is 0 Å². The van der Waals surface area contributed by atoms with Crippen LogP contribution in [0, 0.1) is 0 Å². The van der Waals surface area contributed by atoms with E-state index in [-0.39, 0.29) is 6.42 Å². The van der Waals surface area contributed by atoms with Gasteiger partial charge < -0.3 is 14.7 Å². The predicted molar refractivity (Wildman–Crippen MR) is 95.9 cm³/mol. The van der Waals surface area contributed by atoms with Crippen molar-refractivity contribution in [1.82, 2.24) is 4.72 Å². The zero-order chi connectivity index (χ0) is 17.4. The van der Waals surface area contributed by atoms with E-state index in [2.05, 4.69) is 4.72 Å². The molecule has 1 fully saturated rings. The fourth-order valence-corrected chi connectivity index (χ4v) is 3.67. The monoisotopic (exact) mass is 375 g/mol. The fourth-order valence-electron chi connectivity index (χ4n) is 2.24. The molecular formula is C16H22ClNO5S. The van der Waals surface area contributed by atoms with Crippen LogP contribution in [0.5, 0.6) is 5.75 Å². The molecule has 134 valence electrons. The first kappa shape index (κ1) is 18.8. The zero-order valence-electron chi connectivity index (χ0n) is 13.5. The fraction of sp³-hybridized carbons (Fsp3) is 0.438. The molecular weight excluding hydrogens is 354 g/mol. The Kier molecular flexibility index (Phi) is 7.55. The van der Waals surface area contributed by atoms with Crippen molar-refractivity contribution in [3.05, 3.63) is 34.7 Å². The molecule has 1 aromatic carbocycles. The van der Waals surface area contributed by atoms with E-state index in [0.717, 1.165) is 37.0 Å². The Morgan fingerprint density at radius 3 is 2.92 bits per heavy atom. The lowest BCUT2D eigenvalue weighted by Crippen LogP contribution is -2.04. The Hall–Kier alpha value is -1.57. The first-order chi connectivity index (χ1) is 11.6. The van der Waals surface area contributed by atoms with E-state index in [4.69, 9.17) is 30.7 Å². The number of ether oxygens (including phenoxy) is 1. The average molecular weight is 376 g/mol. The van der Waals surface area contributed by atoms with Crippen molar-refractivity contribution >= 4 is 35.0 Å². The van der Waals surface area contributed by atoms with Gasteiger partial charge in [-0.1, -0.05) is 24.4 Å². The van der Waals surface area contributed by atoms with Crippen LogP contribution in [0.1, 0.15) is 37.7 Å². The quantitative estimate of drug-likeness (QED) is 0.343. The van der Waals surface area contributed by atoms with Crippen molar-refractivity contribution in [3.63, 3.8) is 0 Å². The third-order valence-corrected chi connectivity index (χ3v) is 5.11. The summed E-state index contributed by atoms with van der Waals surface area (Å²) in [6.07, 6.45) is 5.62. The largest absolute Gasteiger partial charge is 0.496 e. The van der Waals surface area contributed by atoms with Crippen LogP contribution in [0.2, 0.25) is 5.02 Å². The molecule has 0 amide bonds. The van der Waals surface area contributed by atoms with E-state index in [1.165, 1.54) is 0 Å². The van der Waals surface area contributed by atoms with Crippen LogP contribution in [-0.4, -0.2) is 23.9 Å². The topological polar surface area (TPSA) is 77.0 Å². The third kappa shape index (κ3) is 6.14. The number of methoxy groups -OCH3 is 1. The summed E-state index contributed by atoms with van der Waals surface area (Å²) in [5.41, 5.74) is 0.807. The SMILES string of the molecule is COc1ccc(Cl)cc1/C=C1/N[SH](CCCCCCC(=O)O)OO1. The van der Waals surface area contributed by atoms with Crippen LogP contribution < -0.4 is 9.46 Å². The number of carboxylic acids is 1. The molecule has 0 radical (unpaired) electrons. The lowest BCUT2D eigenvalue weighted by molar-refractivity contribution is -0.137. The number of carboxylic acid groups (broad SMARTS) is 1. The van der Waals surface area contributed by atoms with E-state index in [1.807, 2.05) is 0 Å². The third-order valence-electron chi connectivity index (χ3n) is 3.43. The van der Waals surface area contributed by atoms with Crippen LogP contribution in [0.25, 0.3) is 6.08 Å². The summed E-state index contributed by atoms with van der Waals surface area (Å²) in [5, 5.41) is 9.20. The lowest BCUT2D eigenvalue weighted by Gasteiger charge is -2.09. The van der Waals surface area contributed by atoms with Crippen molar-refractivity contribution in [2.45, 2.75) is 32.1 Å². The van der Waals surface area contributed by atoms with Crippen LogP contribution >= 0.6 is 23.0 Å². The molecule has 6 nitrogen and oxygen atoms in total. The molecule has 0 saturated carbocycles. The second kappa shape index (κ2) is 9.66. The number of hydrogen-bond donors (Lipinski definition) is 3. The van der Waals surface area contributed by atoms with E-state index >= 15 is 0 Å². The molecule has 0 bridgehead atoms. The minimum atomic E-state index is -0.866. The molecule has 8 heteroatoms. The summed E-state index contributed by atoms with van der Waals surface area (Å²) in [4.78, 5) is 15.6. The number of nitrogens with one attached hydrogen (secondary N) is 1. The number of thiol groups is 1.